The lowest BCUT2D eigenvalue weighted by molar-refractivity contribution is -0.301. The van der Waals surface area contributed by atoms with Crippen LogP contribution in [-0.2, 0) is 38.3 Å². The summed E-state index contributed by atoms with van der Waals surface area (Å²) in [4.78, 5) is 12.8. The molecule has 1 aliphatic rings. The molecule has 12 nitrogen and oxygen atoms in total. The number of aliphatic hydroxyl groups excluding tert-OH is 3. The molecular weight excluding hydrogens is 765 g/mol. The van der Waals surface area contributed by atoms with Crippen LogP contribution in [0.25, 0.3) is 0 Å². The van der Waals surface area contributed by atoms with Gasteiger partial charge in [-0.1, -0.05) is 132 Å². The zero-order valence-corrected chi connectivity index (χ0v) is 36.1. The maximum absolute atomic E-state index is 12.8. The van der Waals surface area contributed by atoms with E-state index in [0.717, 1.165) is 64.2 Å². The fourth-order valence-corrected chi connectivity index (χ4v) is 6.56. The number of unbranched alkanes of at least 4 members (excludes halogenated alkanes) is 11. The molecule has 13 heteroatoms. The second kappa shape index (κ2) is 36.4. The van der Waals surface area contributed by atoms with Crippen molar-refractivity contribution in [2.75, 3.05) is 26.4 Å². The van der Waals surface area contributed by atoms with Crippen LogP contribution in [0.3, 0.4) is 0 Å². The van der Waals surface area contributed by atoms with Gasteiger partial charge in [-0.15, -0.1) is 0 Å². The molecule has 58 heavy (non-hydrogen) atoms. The molecule has 6 atom stereocenters. The normalized spacial score (nSPS) is 21.2. The molecule has 6 unspecified atom stereocenters. The highest BCUT2D eigenvalue weighted by Gasteiger charge is 2.48. The lowest BCUT2D eigenvalue weighted by atomic mass is 9.99. The third kappa shape index (κ3) is 29.7. The minimum absolute atomic E-state index is 0.00507. The molecule has 1 saturated heterocycles. The average molecular weight is 841 g/mol. The Labute approximate surface area is 350 Å². The van der Waals surface area contributed by atoms with Crippen molar-refractivity contribution in [2.24, 2.45) is 0 Å². The Morgan fingerprint density at radius 1 is 0.672 bits per heavy atom. The first-order chi connectivity index (χ1) is 28.1. The Morgan fingerprint density at radius 3 is 1.76 bits per heavy atom. The number of hydrogen-bond donors (Lipinski definition) is 4. The smallest absolute Gasteiger partial charge is 0.397 e. The summed E-state index contributed by atoms with van der Waals surface area (Å²) >= 11 is 0. The van der Waals surface area contributed by atoms with Crippen LogP contribution in [0, 0.1) is 0 Å². The van der Waals surface area contributed by atoms with E-state index in [4.69, 9.17) is 23.5 Å². The Morgan fingerprint density at radius 2 is 1.19 bits per heavy atom. The van der Waals surface area contributed by atoms with Crippen LogP contribution in [0.4, 0.5) is 0 Å². The van der Waals surface area contributed by atoms with Gasteiger partial charge >= 0.3 is 16.4 Å². The largest absolute Gasteiger partial charge is 0.457 e. The summed E-state index contributed by atoms with van der Waals surface area (Å²) in [5, 5.41) is 30.6. The molecule has 1 aliphatic heterocycles. The average Bonchev–Trinajstić information content (AvgIpc) is 3.19. The molecule has 0 radical (unpaired) electrons. The second-order valence-corrected chi connectivity index (χ2v) is 15.6. The van der Waals surface area contributed by atoms with Gasteiger partial charge in [0.25, 0.3) is 0 Å². The highest BCUT2D eigenvalue weighted by atomic mass is 32.3. The second-order valence-electron chi connectivity index (χ2n) is 14.5. The van der Waals surface area contributed by atoms with Gasteiger partial charge in [-0.2, -0.15) is 8.42 Å². The van der Waals surface area contributed by atoms with Crippen molar-refractivity contribution >= 4 is 16.4 Å². The maximum atomic E-state index is 12.8. The monoisotopic (exact) mass is 841 g/mol. The minimum Gasteiger partial charge on any atom is -0.457 e. The summed E-state index contributed by atoms with van der Waals surface area (Å²) in [6, 6.07) is 0. The molecule has 0 spiro atoms. The van der Waals surface area contributed by atoms with Crippen LogP contribution in [0.2, 0.25) is 0 Å². The van der Waals surface area contributed by atoms with Crippen LogP contribution in [0.15, 0.2) is 72.9 Å². The van der Waals surface area contributed by atoms with E-state index >= 15 is 0 Å². The Kier molecular flexibility index (Phi) is 33.6. The van der Waals surface area contributed by atoms with Crippen molar-refractivity contribution in [1.82, 2.24) is 0 Å². The van der Waals surface area contributed by atoms with Crippen LogP contribution < -0.4 is 0 Å². The van der Waals surface area contributed by atoms with Crippen molar-refractivity contribution in [3.8, 4) is 0 Å². The highest BCUT2D eigenvalue weighted by molar-refractivity contribution is 7.80. The summed E-state index contributed by atoms with van der Waals surface area (Å²) in [6.07, 6.45) is 36.6. The van der Waals surface area contributed by atoms with Crippen molar-refractivity contribution < 1.29 is 56.2 Å². The standard InChI is InChI=1S/C45H76O12S/c1-3-5-7-9-11-13-15-17-19-20-21-22-24-26-28-30-32-34-41(47)55-39(37-53-35-33-31-29-27-25-23-18-16-14-12-10-8-6-4-2)38-54-45-43(49)44(57-58(50,51)52)42(48)40(36-46)56-45/h5,7,11,13-14,16-17,19,21-22,26,28,39-40,42-46,48-49H,3-4,6,8-10,12,15,18,20,23-25,27,29-38H2,1-2H3,(H,50,51,52)/b7-5-,13-11-,16-14-,19-17-,22-21-,28-26-. The third-order valence-corrected chi connectivity index (χ3v) is 9.78. The predicted molar refractivity (Wildman–Crippen MR) is 229 cm³/mol. The van der Waals surface area contributed by atoms with E-state index in [1.54, 1.807) is 0 Å². The molecule has 334 valence electrons. The van der Waals surface area contributed by atoms with E-state index in [2.05, 4.69) is 84.9 Å². The summed E-state index contributed by atoms with van der Waals surface area (Å²) in [7, 11) is -5.07. The summed E-state index contributed by atoms with van der Waals surface area (Å²) in [6.45, 7) is 3.75. The lowest BCUT2D eigenvalue weighted by Gasteiger charge is -2.41. The number of ether oxygens (including phenoxy) is 4. The van der Waals surface area contributed by atoms with Gasteiger partial charge < -0.3 is 34.3 Å². The summed E-state index contributed by atoms with van der Waals surface area (Å²) in [5.74, 6) is -0.461. The number of esters is 1. The molecule has 1 rings (SSSR count). The van der Waals surface area contributed by atoms with E-state index in [0.29, 0.717) is 19.4 Å². The molecule has 1 heterocycles. The van der Waals surface area contributed by atoms with Gasteiger partial charge in [0.2, 0.25) is 0 Å². The Balaban J connectivity index is 2.51. The van der Waals surface area contributed by atoms with Gasteiger partial charge in [0.1, 0.15) is 30.5 Å². The number of carbonyl (C=O) groups is 1. The number of rotatable bonds is 36. The van der Waals surface area contributed by atoms with Gasteiger partial charge in [0.15, 0.2) is 6.29 Å². The fourth-order valence-electron chi connectivity index (χ4n) is 6.05. The molecule has 0 aromatic rings. The molecule has 0 aliphatic carbocycles. The first kappa shape index (κ1) is 53.6. The van der Waals surface area contributed by atoms with Crippen LogP contribution in [-0.4, -0.2) is 97.5 Å². The van der Waals surface area contributed by atoms with E-state index in [9.17, 15) is 28.5 Å². The molecule has 1 fully saturated rings. The zero-order chi connectivity index (χ0) is 42.5. The fraction of sp³-hybridized carbons (Fsp3) is 0.711. The Hall–Kier alpha value is -2.46. The summed E-state index contributed by atoms with van der Waals surface area (Å²) in [5.41, 5.74) is 0. The molecule has 0 saturated carbocycles. The molecule has 4 N–H and O–H groups in total. The van der Waals surface area contributed by atoms with E-state index in [1.165, 1.54) is 44.9 Å². The first-order valence-corrected chi connectivity index (χ1v) is 23.1. The quantitative estimate of drug-likeness (QED) is 0.0204. The SMILES string of the molecule is CC/C=C\C/C=C\C/C=C\C/C=C\C/C=C\CCCC(=O)OC(COCCCCCCCC/C=C\CCCCCC)COC1OC(CO)C(O)C(OS(=O)(=O)O)C1O. The molecule has 0 aromatic heterocycles. The van der Waals surface area contributed by atoms with E-state index in [-0.39, 0.29) is 19.6 Å². The number of aliphatic hydroxyl groups is 3. The van der Waals surface area contributed by atoms with Gasteiger partial charge in [0, 0.05) is 13.0 Å². The Bertz CT molecular complexity index is 1290. The van der Waals surface area contributed by atoms with E-state index < -0.39 is 59.8 Å². The van der Waals surface area contributed by atoms with Gasteiger partial charge in [0.05, 0.1) is 19.8 Å². The number of hydrogen-bond acceptors (Lipinski definition) is 11. The predicted octanol–water partition coefficient (Wildman–Crippen LogP) is 8.74. The lowest BCUT2D eigenvalue weighted by Crippen LogP contribution is -2.60. The van der Waals surface area contributed by atoms with Crippen LogP contribution >= 0.6 is 0 Å². The van der Waals surface area contributed by atoms with Gasteiger partial charge in [-0.05, 0) is 77.0 Å². The molecule has 0 bridgehead atoms. The zero-order valence-electron chi connectivity index (χ0n) is 35.3. The van der Waals surface area contributed by atoms with Crippen molar-refractivity contribution in [3.05, 3.63) is 72.9 Å². The minimum atomic E-state index is -5.07. The number of allylic oxidation sites excluding steroid dienone is 12. The van der Waals surface area contributed by atoms with E-state index in [1.807, 2.05) is 6.08 Å². The number of carbonyl (C=O) groups excluding carboxylic acids is 1. The summed E-state index contributed by atoms with van der Waals surface area (Å²) < 4.78 is 58.9. The van der Waals surface area contributed by atoms with Gasteiger partial charge in [-0.25, -0.2) is 4.18 Å². The van der Waals surface area contributed by atoms with Crippen molar-refractivity contribution in [2.45, 2.75) is 179 Å². The maximum Gasteiger partial charge on any atom is 0.397 e. The van der Waals surface area contributed by atoms with Gasteiger partial charge in [-0.3, -0.25) is 9.35 Å². The topological polar surface area (TPSA) is 178 Å². The van der Waals surface area contributed by atoms with Crippen LogP contribution in [0.5, 0.6) is 0 Å². The van der Waals surface area contributed by atoms with Crippen molar-refractivity contribution in [1.29, 1.82) is 0 Å². The molecule has 0 aromatic carbocycles. The molecular formula is C45H76O12S. The molecule has 0 amide bonds. The highest BCUT2D eigenvalue weighted by Crippen LogP contribution is 2.26. The third-order valence-electron chi connectivity index (χ3n) is 9.31. The first-order valence-electron chi connectivity index (χ1n) is 21.7. The van der Waals surface area contributed by atoms with Crippen LogP contribution in [0.1, 0.15) is 142 Å². The van der Waals surface area contributed by atoms with Crippen molar-refractivity contribution in [3.63, 3.8) is 0 Å².